The van der Waals surface area contributed by atoms with Crippen molar-refractivity contribution < 1.29 is 4.74 Å². The van der Waals surface area contributed by atoms with Crippen LogP contribution in [0.15, 0.2) is 11.8 Å². The Morgan fingerprint density at radius 1 is 1.88 bits per heavy atom. The second kappa shape index (κ2) is 1.78. The first kappa shape index (κ1) is 5.63. The van der Waals surface area contributed by atoms with E-state index in [9.17, 15) is 5.21 Å². The molecule has 0 saturated carbocycles. The van der Waals surface area contributed by atoms with E-state index in [0.29, 0.717) is 11.6 Å². The Balaban J connectivity index is 2.63. The van der Waals surface area contributed by atoms with Gasteiger partial charge in [-0.1, -0.05) is 0 Å². The highest BCUT2D eigenvalue weighted by Gasteiger charge is 2.18. The number of hydroxylamine groups is 1. The number of hydrogen-bond acceptors (Lipinski definition) is 1. The van der Waals surface area contributed by atoms with Crippen LogP contribution in [0.2, 0.25) is 0 Å². The highest BCUT2D eigenvalue weighted by Crippen LogP contribution is 2.07. The minimum absolute atomic E-state index is 0.320. The van der Waals surface area contributed by atoms with Crippen molar-refractivity contribution in [2.45, 2.75) is 6.92 Å². The van der Waals surface area contributed by atoms with Crippen molar-refractivity contribution in [1.82, 2.24) is 0 Å². The van der Waals surface area contributed by atoms with Gasteiger partial charge in [0.15, 0.2) is 5.70 Å². The number of alkyl halides is 1. The van der Waals surface area contributed by atoms with Gasteiger partial charge in [-0.15, -0.1) is 11.6 Å². The molecule has 0 unspecified atom stereocenters. The lowest BCUT2D eigenvalue weighted by molar-refractivity contribution is -0.412. The lowest BCUT2D eigenvalue weighted by Gasteiger charge is -2.12. The van der Waals surface area contributed by atoms with Crippen molar-refractivity contribution in [3.63, 3.8) is 0 Å². The van der Waals surface area contributed by atoms with Crippen LogP contribution in [-0.4, -0.2) is 16.3 Å². The SMILES string of the molecule is CC1=CC(CCl)=[N+]1[O-]. The van der Waals surface area contributed by atoms with E-state index in [4.69, 9.17) is 11.6 Å². The fourth-order valence-corrected chi connectivity index (χ4v) is 0.797. The molecule has 0 aromatic heterocycles. The molecule has 2 nitrogen and oxygen atoms in total. The molecule has 0 amide bonds. The van der Waals surface area contributed by atoms with Crippen LogP contribution in [0, 0.1) is 5.21 Å². The van der Waals surface area contributed by atoms with Gasteiger partial charge in [-0.3, -0.25) is 0 Å². The van der Waals surface area contributed by atoms with E-state index >= 15 is 0 Å². The third-order valence-electron chi connectivity index (χ3n) is 1.09. The number of rotatable bonds is 1. The van der Waals surface area contributed by atoms with Crippen molar-refractivity contribution in [3.8, 4) is 0 Å². The molecular weight excluding hydrogens is 126 g/mol. The zero-order chi connectivity index (χ0) is 6.15. The molecule has 1 aliphatic heterocycles. The third-order valence-corrected chi connectivity index (χ3v) is 1.37. The van der Waals surface area contributed by atoms with Crippen molar-refractivity contribution in [2.75, 3.05) is 5.88 Å². The fraction of sp³-hybridized carbons (Fsp3) is 0.400. The normalized spacial score (nSPS) is 18.0. The molecule has 0 spiro atoms. The number of halogens is 1. The Bertz CT molecular complexity index is 171. The minimum Gasteiger partial charge on any atom is -0.618 e. The van der Waals surface area contributed by atoms with E-state index in [1.54, 1.807) is 13.0 Å². The molecule has 0 aromatic carbocycles. The maximum Gasteiger partial charge on any atom is 0.214 e. The molecule has 44 valence electrons. The van der Waals surface area contributed by atoms with E-state index in [-0.39, 0.29) is 0 Å². The van der Waals surface area contributed by atoms with Crippen molar-refractivity contribution >= 4 is 17.3 Å². The van der Waals surface area contributed by atoms with Crippen LogP contribution in [0.3, 0.4) is 0 Å². The molecule has 0 fully saturated rings. The first-order valence-corrected chi connectivity index (χ1v) is 2.86. The van der Waals surface area contributed by atoms with Gasteiger partial charge < -0.3 is 5.21 Å². The summed E-state index contributed by atoms with van der Waals surface area (Å²) in [4.78, 5) is 0. The van der Waals surface area contributed by atoms with Gasteiger partial charge in [0.1, 0.15) is 5.88 Å². The summed E-state index contributed by atoms with van der Waals surface area (Å²) in [5, 5.41) is 10.5. The maximum atomic E-state index is 10.5. The van der Waals surface area contributed by atoms with Crippen molar-refractivity contribution in [2.24, 2.45) is 0 Å². The minimum atomic E-state index is 0.320. The van der Waals surface area contributed by atoms with E-state index in [1.165, 1.54) is 0 Å². The molecule has 0 N–H and O–H groups in total. The average molecular weight is 132 g/mol. The highest BCUT2D eigenvalue weighted by atomic mass is 35.5. The molecule has 0 radical (unpaired) electrons. The predicted octanol–water partition coefficient (Wildman–Crippen LogP) is 1.09. The Hall–Kier alpha value is -0.500. The molecule has 1 rings (SSSR count). The van der Waals surface area contributed by atoms with Crippen molar-refractivity contribution in [1.29, 1.82) is 0 Å². The molecule has 0 bridgehead atoms. The lowest BCUT2D eigenvalue weighted by Crippen LogP contribution is -2.22. The number of allylic oxidation sites excluding steroid dienone is 2. The smallest absolute Gasteiger partial charge is 0.214 e. The Morgan fingerprint density at radius 2 is 2.50 bits per heavy atom. The first-order chi connectivity index (χ1) is 3.75. The Kier molecular flexibility index (Phi) is 1.26. The maximum absolute atomic E-state index is 10.5. The first-order valence-electron chi connectivity index (χ1n) is 2.33. The van der Waals surface area contributed by atoms with E-state index in [0.717, 1.165) is 10.4 Å². The third kappa shape index (κ3) is 0.611. The number of hydrogen-bond donors (Lipinski definition) is 0. The summed E-state index contributed by atoms with van der Waals surface area (Å²) >= 11 is 5.34. The van der Waals surface area contributed by atoms with E-state index < -0.39 is 0 Å². The Morgan fingerprint density at radius 3 is 2.62 bits per heavy atom. The molecule has 1 heterocycles. The largest absolute Gasteiger partial charge is 0.618 e. The molecule has 0 aliphatic carbocycles. The van der Waals surface area contributed by atoms with Gasteiger partial charge in [-0.05, 0) is 0 Å². The van der Waals surface area contributed by atoms with Gasteiger partial charge in [0.2, 0.25) is 5.71 Å². The van der Waals surface area contributed by atoms with E-state index in [2.05, 4.69) is 0 Å². The van der Waals surface area contributed by atoms with Gasteiger partial charge in [0, 0.05) is 6.92 Å². The lowest BCUT2D eigenvalue weighted by atomic mass is 10.2. The van der Waals surface area contributed by atoms with Crippen LogP contribution in [0.4, 0.5) is 0 Å². The average Bonchev–Trinajstić information content (AvgIpc) is 1.81. The second-order valence-corrected chi connectivity index (χ2v) is 1.97. The summed E-state index contributed by atoms with van der Waals surface area (Å²) in [6, 6.07) is 0. The van der Waals surface area contributed by atoms with Crippen LogP contribution in [0.5, 0.6) is 0 Å². The molecule has 0 saturated heterocycles. The highest BCUT2D eigenvalue weighted by molar-refractivity contribution is 6.30. The molecule has 0 atom stereocenters. The van der Waals surface area contributed by atoms with Crippen molar-refractivity contribution in [3.05, 3.63) is 17.0 Å². The topological polar surface area (TPSA) is 26.1 Å². The fourth-order valence-electron chi connectivity index (χ4n) is 0.612. The van der Waals surface area contributed by atoms with Crippen LogP contribution in [-0.2, 0) is 0 Å². The van der Waals surface area contributed by atoms with Crippen LogP contribution in [0.1, 0.15) is 6.92 Å². The zero-order valence-electron chi connectivity index (χ0n) is 4.52. The van der Waals surface area contributed by atoms with Gasteiger partial charge in [-0.25, -0.2) is 0 Å². The Labute approximate surface area is 52.7 Å². The monoisotopic (exact) mass is 131 g/mol. The quantitative estimate of drug-likeness (QED) is 0.297. The molecular formula is C5H6ClNO. The van der Waals surface area contributed by atoms with Gasteiger partial charge >= 0.3 is 0 Å². The number of nitrogens with zero attached hydrogens (tertiary/aromatic N) is 1. The summed E-state index contributed by atoms with van der Waals surface area (Å²) in [7, 11) is 0. The van der Waals surface area contributed by atoms with Gasteiger partial charge in [-0.2, -0.15) is 4.74 Å². The zero-order valence-corrected chi connectivity index (χ0v) is 5.27. The summed E-state index contributed by atoms with van der Waals surface area (Å²) in [5.41, 5.74) is 1.39. The standard InChI is InChI=1S/C5H6ClNO/c1-4-2-5(3-6)7(4)8/h2H,3H2,1H3. The molecule has 1 aliphatic rings. The summed E-state index contributed by atoms with van der Waals surface area (Å²) in [6.07, 6.45) is 1.78. The molecule has 8 heavy (non-hydrogen) atoms. The molecule has 0 aromatic rings. The molecule has 3 heteroatoms. The predicted molar refractivity (Wildman–Crippen MR) is 33.1 cm³/mol. The summed E-state index contributed by atoms with van der Waals surface area (Å²) in [6.45, 7) is 1.75. The van der Waals surface area contributed by atoms with Gasteiger partial charge in [0.25, 0.3) is 0 Å². The van der Waals surface area contributed by atoms with E-state index in [1.807, 2.05) is 0 Å². The summed E-state index contributed by atoms with van der Waals surface area (Å²) < 4.78 is 0.840. The second-order valence-electron chi connectivity index (χ2n) is 1.71. The summed E-state index contributed by atoms with van der Waals surface area (Å²) in [5.74, 6) is 0.320. The van der Waals surface area contributed by atoms with Crippen LogP contribution in [0.25, 0.3) is 0 Å². The van der Waals surface area contributed by atoms with Crippen LogP contribution >= 0.6 is 11.6 Å². The van der Waals surface area contributed by atoms with Gasteiger partial charge in [0.05, 0.1) is 6.08 Å². The van der Waals surface area contributed by atoms with Crippen LogP contribution < -0.4 is 0 Å².